The number of rotatable bonds is 5. The number of hydrogen-bond donors (Lipinski definition) is 1. The van der Waals surface area contributed by atoms with E-state index in [9.17, 15) is 9.18 Å². The maximum absolute atomic E-state index is 13.6. The third-order valence-corrected chi connectivity index (χ3v) is 6.26. The van der Waals surface area contributed by atoms with Crippen LogP contribution in [0.2, 0.25) is 5.02 Å². The van der Waals surface area contributed by atoms with Gasteiger partial charge in [-0.25, -0.2) is 9.18 Å². The lowest BCUT2D eigenvalue weighted by atomic mass is 10.1. The molecule has 1 aromatic heterocycles. The van der Waals surface area contributed by atoms with Gasteiger partial charge in [0.2, 0.25) is 0 Å². The van der Waals surface area contributed by atoms with Gasteiger partial charge in [-0.3, -0.25) is 4.90 Å². The molecular weight excluding hydrogens is 427 g/mol. The molecule has 30 heavy (non-hydrogen) atoms. The van der Waals surface area contributed by atoms with Crippen molar-refractivity contribution in [1.82, 2.24) is 19.6 Å². The highest BCUT2D eigenvalue weighted by Crippen LogP contribution is 2.31. The number of piperazine rings is 1. The molecule has 0 aliphatic carbocycles. The molecule has 0 spiro atoms. The minimum absolute atomic E-state index is 0.104. The second-order valence-corrected chi connectivity index (χ2v) is 8.63. The maximum Gasteiger partial charge on any atom is 0.344 e. The summed E-state index contributed by atoms with van der Waals surface area (Å²) in [5.41, 5.74) is 2.06. The van der Waals surface area contributed by atoms with E-state index in [2.05, 4.69) is 20.8 Å². The molecule has 0 radical (unpaired) electrons. The number of amides is 1. The van der Waals surface area contributed by atoms with Gasteiger partial charge in [-0.15, -0.1) is 5.10 Å². The van der Waals surface area contributed by atoms with Crippen molar-refractivity contribution in [3.8, 4) is 0 Å². The lowest BCUT2D eigenvalue weighted by Gasteiger charge is -2.34. The fourth-order valence-electron chi connectivity index (χ4n) is 3.93. The van der Waals surface area contributed by atoms with E-state index in [1.54, 1.807) is 12.3 Å². The van der Waals surface area contributed by atoms with Gasteiger partial charge in [0.25, 0.3) is 0 Å². The van der Waals surface area contributed by atoms with Gasteiger partial charge in [-0.05, 0) is 24.1 Å². The molecule has 0 bridgehead atoms. The van der Waals surface area contributed by atoms with E-state index in [0.29, 0.717) is 43.4 Å². The molecule has 7 nitrogen and oxygen atoms in total. The lowest BCUT2D eigenvalue weighted by molar-refractivity contribution is 0.134. The van der Waals surface area contributed by atoms with Gasteiger partial charge in [0.1, 0.15) is 6.17 Å². The van der Waals surface area contributed by atoms with Crippen molar-refractivity contribution in [1.29, 1.82) is 0 Å². The van der Waals surface area contributed by atoms with Crippen molar-refractivity contribution in [3.63, 3.8) is 0 Å². The molecule has 10 heteroatoms. The molecular formula is C20H26ClFN6OS. The van der Waals surface area contributed by atoms with Crippen molar-refractivity contribution < 1.29 is 9.18 Å². The lowest BCUT2D eigenvalue weighted by Crippen LogP contribution is -2.49. The Morgan fingerprint density at radius 2 is 2.07 bits per heavy atom. The predicted octanol–water partition coefficient (Wildman–Crippen LogP) is 3.56. The van der Waals surface area contributed by atoms with Crippen LogP contribution in [0.4, 0.5) is 20.7 Å². The smallest absolute Gasteiger partial charge is 0.344 e. The summed E-state index contributed by atoms with van der Waals surface area (Å²) < 4.78 is 18.0. The third kappa shape index (κ3) is 4.84. The summed E-state index contributed by atoms with van der Waals surface area (Å²) in [6.07, 6.45) is 3.37. The SMILES string of the molecule is CSNc1ccn(C(=O)N2CCN(Cc3ccc(Cl)c(N4CCC(F)C4)c3)CC2)n1. The molecule has 1 aromatic carbocycles. The van der Waals surface area contributed by atoms with Gasteiger partial charge in [-0.1, -0.05) is 29.6 Å². The summed E-state index contributed by atoms with van der Waals surface area (Å²) in [4.78, 5) is 18.8. The van der Waals surface area contributed by atoms with Crippen LogP contribution in [0.3, 0.4) is 0 Å². The fourth-order valence-corrected chi connectivity index (χ4v) is 4.48. The molecule has 2 fully saturated rings. The Bertz CT molecular complexity index is 888. The van der Waals surface area contributed by atoms with Crippen LogP contribution in [-0.4, -0.2) is 77.3 Å². The van der Waals surface area contributed by atoms with Gasteiger partial charge in [0, 0.05) is 64.3 Å². The van der Waals surface area contributed by atoms with E-state index in [1.807, 2.05) is 28.2 Å². The zero-order valence-electron chi connectivity index (χ0n) is 16.9. The molecule has 1 N–H and O–H groups in total. The first-order valence-electron chi connectivity index (χ1n) is 10.1. The van der Waals surface area contributed by atoms with Gasteiger partial charge in [0.15, 0.2) is 5.82 Å². The number of carbonyl (C=O) groups is 1. The van der Waals surface area contributed by atoms with E-state index >= 15 is 0 Å². The summed E-state index contributed by atoms with van der Waals surface area (Å²) in [7, 11) is 0. The zero-order chi connectivity index (χ0) is 21.1. The average molecular weight is 453 g/mol. The van der Waals surface area contributed by atoms with Gasteiger partial charge < -0.3 is 14.5 Å². The van der Waals surface area contributed by atoms with Crippen molar-refractivity contribution >= 4 is 41.1 Å². The number of nitrogens with zero attached hydrogens (tertiary/aromatic N) is 5. The van der Waals surface area contributed by atoms with Crippen LogP contribution in [0.1, 0.15) is 12.0 Å². The number of benzene rings is 1. The zero-order valence-corrected chi connectivity index (χ0v) is 18.5. The van der Waals surface area contributed by atoms with E-state index in [-0.39, 0.29) is 6.03 Å². The van der Waals surface area contributed by atoms with Crippen molar-refractivity contribution in [2.75, 3.05) is 55.1 Å². The first kappa shape index (κ1) is 21.3. The summed E-state index contributed by atoms with van der Waals surface area (Å²) in [6, 6.07) is 7.68. The summed E-state index contributed by atoms with van der Waals surface area (Å²) in [5, 5.41) is 4.92. The molecule has 162 valence electrons. The average Bonchev–Trinajstić information content (AvgIpc) is 3.39. The quantitative estimate of drug-likeness (QED) is 0.700. The summed E-state index contributed by atoms with van der Waals surface area (Å²) in [6.45, 7) is 4.77. The molecule has 1 unspecified atom stereocenters. The van der Waals surface area contributed by atoms with E-state index in [1.165, 1.54) is 16.6 Å². The summed E-state index contributed by atoms with van der Waals surface area (Å²) in [5.74, 6) is 0.671. The Hall–Kier alpha value is -1.97. The Balaban J connectivity index is 1.33. The van der Waals surface area contributed by atoms with Crippen LogP contribution in [0.5, 0.6) is 0 Å². The van der Waals surface area contributed by atoms with Crippen LogP contribution in [0, 0.1) is 0 Å². The first-order chi connectivity index (χ1) is 14.5. The van der Waals surface area contributed by atoms with Crippen molar-refractivity contribution in [2.45, 2.75) is 19.1 Å². The van der Waals surface area contributed by atoms with Gasteiger partial charge in [-0.2, -0.15) is 4.68 Å². The van der Waals surface area contributed by atoms with Crippen LogP contribution in [0.15, 0.2) is 30.5 Å². The highest BCUT2D eigenvalue weighted by atomic mass is 35.5. The number of carbonyl (C=O) groups excluding carboxylic acids is 1. The van der Waals surface area contributed by atoms with E-state index in [0.717, 1.165) is 30.9 Å². The molecule has 2 aliphatic heterocycles. The predicted molar refractivity (Wildman–Crippen MR) is 120 cm³/mol. The Morgan fingerprint density at radius 3 is 2.77 bits per heavy atom. The third-order valence-electron chi connectivity index (χ3n) is 5.52. The van der Waals surface area contributed by atoms with Crippen molar-refractivity contribution in [2.24, 2.45) is 0 Å². The van der Waals surface area contributed by atoms with Crippen LogP contribution in [0.25, 0.3) is 0 Å². The second kappa shape index (κ2) is 9.45. The van der Waals surface area contributed by atoms with E-state index in [4.69, 9.17) is 11.6 Å². The Kier molecular flexibility index (Phi) is 6.70. The highest BCUT2D eigenvalue weighted by molar-refractivity contribution is 7.99. The summed E-state index contributed by atoms with van der Waals surface area (Å²) >= 11 is 7.80. The number of nitrogens with one attached hydrogen (secondary N) is 1. The molecule has 1 amide bonds. The van der Waals surface area contributed by atoms with Crippen LogP contribution >= 0.6 is 23.5 Å². The van der Waals surface area contributed by atoms with Crippen LogP contribution in [-0.2, 0) is 6.54 Å². The number of alkyl halides is 1. The maximum atomic E-state index is 13.6. The molecule has 1 atom stereocenters. The molecule has 4 rings (SSSR count). The first-order valence-corrected chi connectivity index (χ1v) is 11.7. The fraction of sp³-hybridized carbons (Fsp3) is 0.500. The van der Waals surface area contributed by atoms with Gasteiger partial charge >= 0.3 is 6.03 Å². The number of aromatic nitrogens is 2. The normalized spacial score (nSPS) is 20.0. The van der Waals surface area contributed by atoms with Crippen LogP contribution < -0.4 is 9.62 Å². The number of anilines is 2. The van der Waals surface area contributed by atoms with Crippen molar-refractivity contribution in [3.05, 3.63) is 41.0 Å². The second-order valence-electron chi connectivity index (χ2n) is 7.62. The molecule has 2 aromatic rings. The molecule has 0 saturated carbocycles. The molecule has 2 saturated heterocycles. The highest BCUT2D eigenvalue weighted by Gasteiger charge is 2.25. The number of hydrogen-bond acceptors (Lipinski definition) is 6. The topological polar surface area (TPSA) is 56.6 Å². The largest absolute Gasteiger partial charge is 0.367 e. The Labute approximate surface area is 185 Å². The standard InChI is InChI=1S/C20H26ClFN6OS/c1-30-24-19-5-7-28(23-19)20(29)26-10-8-25(9-11-26)13-15-2-3-17(21)18(12-15)27-6-4-16(22)14-27/h2-3,5,7,12,16H,4,6,8-11,13-14H2,1H3,(H,23,24). The Morgan fingerprint density at radius 1 is 1.27 bits per heavy atom. The minimum Gasteiger partial charge on any atom is -0.367 e. The number of halogens is 2. The monoisotopic (exact) mass is 452 g/mol. The minimum atomic E-state index is -0.780. The molecule has 2 aliphatic rings. The van der Waals surface area contributed by atoms with E-state index < -0.39 is 6.17 Å². The van der Waals surface area contributed by atoms with Gasteiger partial charge in [0.05, 0.1) is 10.7 Å². The molecule has 3 heterocycles.